The summed E-state index contributed by atoms with van der Waals surface area (Å²) in [6.07, 6.45) is 3.38. The molecule has 0 N–H and O–H groups in total. The number of amides is 2. The highest BCUT2D eigenvalue weighted by molar-refractivity contribution is 5.94. The Morgan fingerprint density at radius 2 is 1.58 bits per heavy atom. The van der Waals surface area contributed by atoms with E-state index in [0.29, 0.717) is 31.9 Å². The van der Waals surface area contributed by atoms with Crippen molar-refractivity contribution >= 4 is 12.0 Å². The molecule has 1 aromatic carbocycles. The summed E-state index contributed by atoms with van der Waals surface area (Å²) in [5, 5.41) is 4.67. The van der Waals surface area contributed by atoms with Crippen LogP contribution in [0.3, 0.4) is 0 Å². The van der Waals surface area contributed by atoms with Gasteiger partial charge in [0.15, 0.2) is 5.69 Å². The number of hydrogen-bond acceptors (Lipinski definition) is 4. The second-order valence-electron chi connectivity index (χ2n) is 9.13. The van der Waals surface area contributed by atoms with Crippen molar-refractivity contribution in [2.75, 3.05) is 26.2 Å². The van der Waals surface area contributed by atoms with E-state index in [-0.39, 0.29) is 17.8 Å². The molecule has 31 heavy (non-hydrogen) atoms. The van der Waals surface area contributed by atoms with E-state index >= 15 is 0 Å². The molecule has 0 unspecified atom stereocenters. The average molecular weight is 429 g/mol. The molecule has 0 bridgehead atoms. The van der Waals surface area contributed by atoms with Gasteiger partial charge < -0.3 is 14.5 Å². The molecule has 1 saturated heterocycles. The lowest BCUT2D eigenvalue weighted by molar-refractivity contribution is 0.0140. The first-order valence-electron chi connectivity index (χ1n) is 10.9. The summed E-state index contributed by atoms with van der Waals surface area (Å²) in [4.78, 5) is 29.0. The summed E-state index contributed by atoms with van der Waals surface area (Å²) in [5.74, 6) is -0.410. The van der Waals surface area contributed by atoms with Gasteiger partial charge in [-0.15, -0.1) is 0 Å². The maximum absolute atomic E-state index is 13.4. The minimum absolute atomic E-state index is 0.108. The molecule has 0 spiro atoms. The first kappa shape index (κ1) is 21.3. The van der Waals surface area contributed by atoms with E-state index in [1.165, 1.54) is 12.1 Å². The number of halogens is 1. The lowest BCUT2D eigenvalue weighted by atomic mass is 9.95. The fourth-order valence-corrected chi connectivity index (χ4v) is 4.14. The molecule has 2 aliphatic rings. The fraction of sp³-hybridized carbons (Fsp3) is 0.522. The predicted octanol–water partition coefficient (Wildman–Crippen LogP) is 3.58. The molecule has 0 saturated carbocycles. The Bertz CT molecular complexity index is 970. The van der Waals surface area contributed by atoms with Crippen LogP contribution >= 0.6 is 0 Å². The maximum atomic E-state index is 13.4. The number of fused-ring (bicyclic) bond motifs is 1. The van der Waals surface area contributed by atoms with Crippen LogP contribution in [-0.2, 0) is 17.6 Å². The van der Waals surface area contributed by atoms with Crippen molar-refractivity contribution in [3.63, 3.8) is 0 Å². The van der Waals surface area contributed by atoms with Crippen molar-refractivity contribution in [2.24, 2.45) is 0 Å². The zero-order valence-electron chi connectivity index (χ0n) is 18.4. The highest BCUT2D eigenvalue weighted by Gasteiger charge is 2.32. The standard InChI is InChI=1S/C23H29FN4O3/c1-23(2,3)31-22(30)27-14-12-26(13-15-27)21(29)20-18-6-4-5-7-19(18)28(25-20)17-10-8-16(24)9-11-17/h8-11H,4-7,12-15H2,1-3H3. The minimum Gasteiger partial charge on any atom is -0.444 e. The SMILES string of the molecule is CC(C)(C)OC(=O)N1CCN(C(=O)c2nn(-c3ccc(F)cc3)c3c2CCCC3)CC1. The number of hydrogen-bond donors (Lipinski definition) is 0. The summed E-state index contributed by atoms with van der Waals surface area (Å²) >= 11 is 0. The molecule has 1 aromatic heterocycles. The summed E-state index contributed by atoms with van der Waals surface area (Å²) in [7, 11) is 0. The molecule has 1 aliphatic heterocycles. The molecule has 7 nitrogen and oxygen atoms in total. The van der Waals surface area contributed by atoms with Gasteiger partial charge in [0.05, 0.1) is 5.69 Å². The summed E-state index contributed by atoms with van der Waals surface area (Å²) in [5.41, 5.74) is 2.72. The number of piperazine rings is 1. The molecule has 1 fully saturated rings. The third-order valence-corrected chi connectivity index (χ3v) is 5.67. The van der Waals surface area contributed by atoms with Crippen molar-refractivity contribution in [3.05, 3.63) is 47.0 Å². The largest absolute Gasteiger partial charge is 0.444 e. The zero-order valence-corrected chi connectivity index (χ0v) is 18.4. The Morgan fingerprint density at radius 3 is 2.23 bits per heavy atom. The monoisotopic (exact) mass is 428 g/mol. The van der Waals surface area contributed by atoms with Crippen molar-refractivity contribution in [1.29, 1.82) is 0 Å². The second-order valence-corrected chi connectivity index (χ2v) is 9.13. The first-order chi connectivity index (χ1) is 14.7. The molecule has 2 amide bonds. The number of benzene rings is 1. The van der Waals surface area contributed by atoms with Gasteiger partial charge in [-0.3, -0.25) is 4.79 Å². The van der Waals surface area contributed by atoms with Crippen LogP contribution in [0.5, 0.6) is 0 Å². The fourth-order valence-electron chi connectivity index (χ4n) is 4.14. The quantitative estimate of drug-likeness (QED) is 0.733. The number of aromatic nitrogens is 2. The van der Waals surface area contributed by atoms with Gasteiger partial charge in [-0.2, -0.15) is 5.10 Å². The number of carbonyl (C=O) groups is 2. The summed E-state index contributed by atoms with van der Waals surface area (Å²) in [6, 6.07) is 6.18. The predicted molar refractivity (Wildman–Crippen MR) is 114 cm³/mol. The van der Waals surface area contributed by atoms with Crippen molar-refractivity contribution in [2.45, 2.75) is 52.1 Å². The summed E-state index contributed by atoms with van der Waals surface area (Å²) in [6.45, 7) is 7.26. The molecular weight excluding hydrogens is 399 g/mol. The number of ether oxygens (including phenoxy) is 1. The van der Waals surface area contributed by atoms with Crippen LogP contribution in [0.4, 0.5) is 9.18 Å². The van der Waals surface area contributed by atoms with Crippen molar-refractivity contribution in [3.8, 4) is 5.69 Å². The molecular formula is C23H29FN4O3. The lowest BCUT2D eigenvalue weighted by Crippen LogP contribution is -2.51. The van der Waals surface area contributed by atoms with Crippen molar-refractivity contribution < 1.29 is 18.7 Å². The van der Waals surface area contributed by atoms with Crippen molar-refractivity contribution in [1.82, 2.24) is 19.6 Å². The van der Waals surface area contributed by atoms with E-state index in [2.05, 4.69) is 5.10 Å². The Labute approximate surface area is 181 Å². The van der Waals surface area contributed by atoms with Crippen LogP contribution in [0.25, 0.3) is 5.69 Å². The normalized spacial score (nSPS) is 16.8. The molecule has 8 heteroatoms. The van der Waals surface area contributed by atoms with Gasteiger partial charge in [-0.05, 0) is 70.7 Å². The number of rotatable bonds is 2. The van der Waals surface area contributed by atoms with Gasteiger partial charge in [0, 0.05) is 37.4 Å². The first-order valence-corrected chi connectivity index (χ1v) is 10.9. The van der Waals surface area contributed by atoms with Gasteiger partial charge in [-0.25, -0.2) is 13.9 Å². The molecule has 166 valence electrons. The van der Waals surface area contributed by atoms with E-state index in [4.69, 9.17) is 4.74 Å². The second kappa shape index (κ2) is 8.32. The molecule has 1 aliphatic carbocycles. The highest BCUT2D eigenvalue weighted by atomic mass is 19.1. The van der Waals surface area contributed by atoms with Gasteiger partial charge >= 0.3 is 6.09 Å². The van der Waals surface area contributed by atoms with E-state index in [0.717, 1.165) is 42.6 Å². The molecule has 4 rings (SSSR count). The molecule has 0 atom stereocenters. The van der Waals surface area contributed by atoms with Gasteiger partial charge in [0.1, 0.15) is 11.4 Å². The Hall–Kier alpha value is -2.90. The summed E-state index contributed by atoms with van der Waals surface area (Å²) < 4.78 is 20.6. The molecule has 2 aromatic rings. The van der Waals surface area contributed by atoms with E-state index < -0.39 is 5.60 Å². The van der Waals surface area contributed by atoms with Gasteiger partial charge in [-0.1, -0.05) is 0 Å². The van der Waals surface area contributed by atoms with Crippen LogP contribution in [0.2, 0.25) is 0 Å². The highest BCUT2D eigenvalue weighted by Crippen LogP contribution is 2.28. The average Bonchev–Trinajstić information content (AvgIpc) is 3.12. The number of carbonyl (C=O) groups excluding carboxylic acids is 2. The molecule has 2 heterocycles. The van der Waals surface area contributed by atoms with E-state index in [9.17, 15) is 14.0 Å². The lowest BCUT2D eigenvalue weighted by Gasteiger charge is -2.35. The third kappa shape index (κ3) is 4.57. The van der Waals surface area contributed by atoms with Crippen LogP contribution < -0.4 is 0 Å². The van der Waals surface area contributed by atoms with Crippen LogP contribution in [-0.4, -0.2) is 63.4 Å². The van der Waals surface area contributed by atoms with Gasteiger partial charge in [0.2, 0.25) is 0 Å². The smallest absolute Gasteiger partial charge is 0.410 e. The third-order valence-electron chi connectivity index (χ3n) is 5.67. The van der Waals surface area contributed by atoms with E-state index in [1.54, 1.807) is 26.6 Å². The maximum Gasteiger partial charge on any atom is 0.410 e. The van der Waals surface area contributed by atoms with Crippen LogP contribution in [0.1, 0.15) is 55.4 Å². The Morgan fingerprint density at radius 1 is 0.968 bits per heavy atom. The Kier molecular flexibility index (Phi) is 5.73. The topological polar surface area (TPSA) is 67.7 Å². The minimum atomic E-state index is -0.545. The zero-order chi connectivity index (χ0) is 22.2. The van der Waals surface area contributed by atoms with Crippen LogP contribution in [0, 0.1) is 5.82 Å². The van der Waals surface area contributed by atoms with Crippen LogP contribution in [0.15, 0.2) is 24.3 Å². The van der Waals surface area contributed by atoms with Gasteiger partial charge in [0.25, 0.3) is 5.91 Å². The van der Waals surface area contributed by atoms with E-state index in [1.807, 2.05) is 20.8 Å². The Balaban J connectivity index is 1.52. The molecule has 0 radical (unpaired) electrons. The number of nitrogens with zero attached hydrogens (tertiary/aromatic N) is 4.